The number of rotatable bonds is 3. The number of ether oxygens (including phenoxy) is 3. The fourth-order valence-corrected chi connectivity index (χ4v) is 2.10. The highest BCUT2D eigenvalue weighted by molar-refractivity contribution is 5.77. The van der Waals surface area contributed by atoms with Crippen LogP contribution in [0.3, 0.4) is 0 Å². The Balaban J connectivity index is 2.48. The van der Waals surface area contributed by atoms with Gasteiger partial charge in [0.1, 0.15) is 13.2 Å². The Morgan fingerprint density at radius 1 is 1.21 bits per heavy atom. The molecule has 1 aliphatic rings. The first-order chi connectivity index (χ1) is 9.04. The quantitative estimate of drug-likeness (QED) is 0.845. The van der Waals surface area contributed by atoms with Crippen LogP contribution in [0.4, 0.5) is 0 Å². The number of esters is 1. The van der Waals surface area contributed by atoms with Gasteiger partial charge < -0.3 is 19.3 Å². The van der Waals surface area contributed by atoms with Gasteiger partial charge in [0.05, 0.1) is 7.11 Å². The van der Waals surface area contributed by atoms with Gasteiger partial charge in [0.15, 0.2) is 17.6 Å². The zero-order chi connectivity index (χ0) is 14.0. The SMILES string of the molecule is COC(=O)C(O)c1cc2c(cc1C(C)C)OCCO2. The molecule has 104 valence electrons. The number of aliphatic hydroxyl groups excluding tert-OH is 1. The molecule has 1 aromatic carbocycles. The van der Waals surface area contributed by atoms with Crippen LogP contribution in [-0.2, 0) is 9.53 Å². The molecule has 2 rings (SSSR count). The average molecular weight is 266 g/mol. The van der Waals surface area contributed by atoms with E-state index in [9.17, 15) is 9.90 Å². The maximum atomic E-state index is 11.5. The summed E-state index contributed by atoms with van der Waals surface area (Å²) in [5.74, 6) is 0.660. The number of hydrogen-bond acceptors (Lipinski definition) is 5. The minimum atomic E-state index is -1.31. The molecule has 5 nitrogen and oxygen atoms in total. The van der Waals surface area contributed by atoms with Crippen LogP contribution in [0.25, 0.3) is 0 Å². The van der Waals surface area contributed by atoms with Crippen LogP contribution in [0.2, 0.25) is 0 Å². The lowest BCUT2D eigenvalue weighted by Gasteiger charge is -2.23. The molecule has 0 fully saturated rings. The molecule has 1 aliphatic heterocycles. The van der Waals surface area contributed by atoms with Crippen molar-refractivity contribution in [2.24, 2.45) is 0 Å². The van der Waals surface area contributed by atoms with E-state index in [0.29, 0.717) is 30.3 Å². The summed E-state index contributed by atoms with van der Waals surface area (Å²) in [5.41, 5.74) is 1.35. The van der Waals surface area contributed by atoms with Gasteiger partial charge in [-0.1, -0.05) is 13.8 Å². The second kappa shape index (κ2) is 5.48. The summed E-state index contributed by atoms with van der Waals surface area (Å²) in [4.78, 5) is 11.5. The second-order valence-corrected chi connectivity index (χ2v) is 4.71. The Morgan fingerprint density at radius 2 is 1.74 bits per heavy atom. The Bertz CT molecular complexity index is 481. The van der Waals surface area contributed by atoms with Gasteiger partial charge in [-0.25, -0.2) is 4.79 Å². The lowest BCUT2D eigenvalue weighted by molar-refractivity contribution is -0.150. The number of carbonyl (C=O) groups excluding carboxylic acids is 1. The highest BCUT2D eigenvalue weighted by Crippen LogP contribution is 2.38. The largest absolute Gasteiger partial charge is 0.486 e. The fourth-order valence-electron chi connectivity index (χ4n) is 2.10. The molecule has 0 radical (unpaired) electrons. The van der Waals surface area contributed by atoms with Crippen molar-refractivity contribution in [2.75, 3.05) is 20.3 Å². The molecule has 1 aromatic rings. The number of carbonyl (C=O) groups is 1. The van der Waals surface area contributed by atoms with Gasteiger partial charge in [-0.05, 0) is 29.2 Å². The minimum Gasteiger partial charge on any atom is -0.486 e. The van der Waals surface area contributed by atoms with E-state index < -0.39 is 12.1 Å². The van der Waals surface area contributed by atoms with Gasteiger partial charge in [-0.3, -0.25) is 0 Å². The summed E-state index contributed by atoms with van der Waals surface area (Å²) < 4.78 is 15.6. The molecule has 1 heterocycles. The van der Waals surface area contributed by atoms with Crippen LogP contribution in [0.15, 0.2) is 12.1 Å². The molecule has 0 saturated heterocycles. The Kier molecular flexibility index (Phi) is 3.95. The lowest BCUT2D eigenvalue weighted by Crippen LogP contribution is -2.19. The van der Waals surface area contributed by atoms with Crippen LogP contribution in [-0.4, -0.2) is 31.4 Å². The summed E-state index contributed by atoms with van der Waals surface area (Å²) in [7, 11) is 1.25. The van der Waals surface area contributed by atoms with Gasteiger partial charge in [-0.2, -0.15) is 0 Å². The van der Waals surface area contributed by atoms with Crippen LogP contribution in [0, 0.1) is 0 Å². The van der Waals surface area contributed by atoms with E-state index in [-0.39, 0.29) is 5.92 Å². The van der Waals surface area contributed by atoms with E-state index in [1.165, 1.54) is 7.11 Å². The van der Waals surface area contributed by atoms with E-state index in [1.807, 2.05) is 19.9 Å². The van der Waals surface area contributed by atoms with Crippen LogP contribution < -0.4 is 9.47 Å². The van der Waals surface area contributed by atoms with Gasteiger partial charge in [0.2, 0.25) is 0 Å². The molecule has 5 heteroatoms. The van der Waals surface area contributed by atoms with Crippen LogP contribution in [0.5, 0.6) is 11.5 Å². The Morgan fingerprint density at radius 3 is 2.21 bits per heavy atom. The van der Waals surface area contributed by atoms with Gasteiger partial charge >= 0.3 is 5.97 Å². The second-order valence-electron chi connectivity index (χ2n) is 4.71. The van der Waals surface area contributed by atoms with Crippen molar-refractivity contribution in [1.29, 1.82) is 0 Å². The highest BCUT2D eigenvalue weighted by Gasteiger charge is 2.26. The zero-order valence-electron chi connectivity index (χ0n) is 11.3. The van der Waals surface area contributed by atoms with Crippen LogP contribution >= 0.6 is 0 Å². The first-order valence-electron chi connectivity index (χ1n) is 6.24. The molecule has 0 bridgehead atoms. The molecule has 19 heavy (non-hydrogen) atoms. The monoisotopic (exact) mass is 266 g/mol. The molecule has 0 amide bonds. The first-order valence-corrected chi connectivity index (χ1v) is 6.24. The fraction of sp³-hybridized carbons (Fsp3) is 0.500. The van der Waals surface area contributed by atoms with Crippen molar-refractivity contribution in [2.45, 2.75) is 25.9 Å². The maximum Gasteiger partial charge on any atom is 0.339 e. The standard InChI is InChI=1S/C14H18O5/c1-8(2)9-6-11-12(19-5-4-18-11)7-10(9)13(15)14(16)17-3/h6-8,13,15H,4-5H2,1-3H3. The zero-order valence-corrected chi connectivity index (χ0v) is 11.3. The molecular formula is C14H18O5. The third kappa shape index (κ3) is 2.66. The molecule has 0 spiro atoms. The van der Waals surface area contributed by atoms with Crippen molar-refractivity contribution in [3.05, 3.63) is 23.3 Å². The third-order valence-corrected chi connectivity index (χ3v) is 3.09. The molecule has 0 saturated carbocycles. The first kappa shape index (κ1) is 13.7. The Hall–Kier alpha value is -1.75. The summed E-state index contributed by atoms with van der Waals surface area (Å²) in [6.45, 7) is 4.93. The van der Waals surface area contributed by atoms with Gasteiger partial charge in [-0.15, -0.1) is 0 Å². The van der Waals surface area contributed by atoms with Gasteiger partial charge in [0.25, 0.3) is 0 Å². The number of fused-ring (bicyclic) bond motifs is 1. The van der Waals surface area contributed by atoms with E-state index in [4.69, 9.17) is 9.47 Å². The van der Waals surface area contributed by atoms with Crippen molar-refractivity contribution in [3.63, 3.8) is 0 Å². The molecule has 1 unspecified atom stereocenters. The molecule has 1 atom stereocenters. The summed E-state index contributed by atoms with van der Waals surface area (Å²) in [5, 5.41) is 10.0. The number of aliphatic hydroxyl groups is 1. The number of hydrogen-bond donors (Lipinski definition) is 1. The topological polar surface area (TPSA) is 65.0 Å². The third-order valence-electron chi connectivity index (χ3n) is 3.09. The molecular weight excluding hydrogens is 248 g/mol. The van der Waals surface area contributed by atoms with Gasteiger partial charge in [0, 0.05) is 0 Å². The van der Waals surface area contributed by atoms with Crippen molar-refractivity contribution >= 4 is 5.97 Å². The predicted molar refractivity (Wildman–Crippen MR) is 68.5 cm³/mol. The number of benzene rings is 1. The van der Waals surface area contributed by atoms with Crippen molar-refractivity contribution < 1.29 is 24.1 Å². The summed E-state index contributed by atoms with van der Waals surface area (Å²) >= 11 is 0. The molecule has 0 aliphatic carbocycles. The predicted octanol–water partition coefficient (Wildman–Crippen LogP) is 1.79. The maximum absolute atomic E-state index is 11.5. The van der Waals surface area contributed by atoms with E-state index in [1.54, 1.807) is 6.07 Å². The lowest BCUT2D eigenvalue weighted by atomic mass is 9.93. The smallest absolute Gasteiger partial charge is 0.339 e. The van der Waals surface area contributed by atoms with E-state index in [0.717, 1.165) is 5.56 Å². The summed E-state index contributed by atoms with van der Waals surface area (Å²) in [6.07, 6.45) is -1.31. The van der Waals surface area contributed by atoms with E-state index in [2.05, 4.69) is 4.74 Å². The average Bonchev–Trinajstić information content (AvgIpc) is 2.44. The number of methoxy groups -OCH3 is 1. The minimum absolute atomic E-state index is 0.144. The molecule has 1 N–H and O–H groups in total. The van der Waals surface area contributed by atoms with Crippen LogP contribution in [0.1, 0.15) is 37.0 Å². The Labute approximate surface area is 112 Å². The van der Waals surface area contributed by atoms with E-state index >= 15 is 0 Å². The van der Waals surface area contributed by atoms with Crippen molar-refractivity contribution in [1.82, 2.24) is 0 Å². The van der Waals surface area contributed by atoms with Crippen molar-refractivity contribution in [3.8, 4) is 11.5 Å². The normalized spacial score (nSPS) is 15.2. The highest BCUT2D eigenvalue weighted by atomic mass is 16.6. The molecule has 0 aromatic heterocycles. The summed E-state index contributed by atoms with van der Waals surface area (Å²) in [6, 6.07) is 3.48.